The highest BCUT2D eigenvalue weighted by atomic mass is 79.9. The van der Waals surface area contributed by atoms with Crippen LogP contribution in [0.15, 0.2) is 48.7 Å². The van der Waals surface area contributed by atoms with E-state index >= 15 is 0 Å². The van der Waals surface area contributed by atoms with E-state index in [4.69, 9.17) is 0 Å². The van der Waals surface area contributed by atoms with Gasteiger partial charge in [0, 0.05) is 11.1 Å². The van der Waals surface area contributed by atoms with Crippen molar-refractivity contribution in [3.63, 3.8) is 0 Å². The fourth-order valence-electron chi connectivity index (χ4n) is 3.76. The predicted octanol–water partition coefficient (Wildman–Crippen LogP) is 1.20. The number of carbonyl (C=O) groups excluding carboxylic acids is 1. The van der Waals surface area contributed by atoms with Crippen LogP contribution in [0.1, 0.15) is 39.3 Å². The Kier molecular flexibility index (Phi) is 5.66. The molecule has 4 rings (SSSR count). The van der Waals surface area contributed by atoms with Gasteiger partial charge in [-0.2, -0.15) is 0 Å². The molecule has 0 N–H and O–H groups in total. The van der Waals surface area contributed by atoms with Crippen molar-refractivity contribution in [3.05, 3.63) is 76.7 Å². The lowest BCUT2D eigenvalue weighted by Gasteiger charge is -2.04. The molecule has 0 atom stereocenters. The maximum atomic E-state index is 12.8. The number of hydrogen-bond donors (Lipinski definition) is 0. The molecule has 140 valence electrons. The number of benzene rings is 2. The number of aromatic nitrogens is 2. The zero-order valence-electron chi connectivity index (χ0n) is 16.1. The second kappa shape index (κ2) is 7.81. The van der Waals surface area contributed by atoms with Crippen molar-refractivity contribution in [2.45, 2.75) is 46.7 Å². The van der Waals surface area contributed by atoms with Gasteiger partial charge in [0.15, 0.2) is 12.2 Å². The summed E-state index contributed by atoms with van der Waals surface area (Å²) < 4.78 is 4.53. The molecule has 0 aliphatic carbocycles. The number of Topliss-reactive ketones (excluding diaryl/α,β-unsaturated/α-hetero) is 1. The van der Waals surface area contributed by atoms with E-state index in [0.29, 0.717) is 6.54 Å². The molecule has 1 aliphatic heterocycles. The third kappa shape index (κ3) is 3.77. The summed E-state index contributed by atoms with van der Waals surface area (Å²) in [6.07, 6.45) is 4.33. The SMILES string of the molecule is Cc1ccc(-c2c[n+](CC(=O)c3ccc(C)c(C)c3)c3n2CCC3)cc1.[Br-]. The summed E-state index contributed by atoms with van der Waals surface area (Å²) in [4.78, 5) is 12.8. The van der Waals surface area contributed by atoms with Gasteiger partial charge in [-0.05, 0) is 44.4 Å². The quantitative estimate of drug-likeness (QED) is 0.456. The lowest BCUT2D eigenvalue weighted by molar-refractivity contribution is -0.689. The third-order valence-electron chi connectivity index (χ3n) is 5.48. The number of imidazole rings is 1. The van der Waals surface area contributed by atoms with Crippen LogP contribution in [0, 0.1) is 20.8 Å². The van der Waals surface area contributed by atoms with Crippen LogP contribution >= 0.6 is 0 Å². The van der Waals surface area contributed by atoms with Crippen molar-refractivity contribution in [1.82, 2.24) is 4.57 Å². The first-order valence-electron chi connectivity index (χ1n) is 9.32. The van der Waals surface area contributed by atoms with Crippen LogP contribution in [-0.4, -0.2) is 10.4 Å². The van der Waals surface area contributed by atoms with E-state index < -0.39 is 0 Å². The molecule has 0 fully saturated rings. The number of carbonyl (C=O) groups is 1. The minimum Gasteiger partial charge on any atom is -1.00 e. The van der Waals surface area contributed by atoms with Crippen LogP contribution in [0.4, 0.5) is 0 Å². The van der Waals surface area contributed by atoms with Crippen LogP contribution in [0.5, 0.6) is 0 Å². The van der Waals surface area contributed by atoms with Gasteiger partial charge in [-0.25, -0.2) is 9.13 Å². The molecule has 1 aromatic heterocycles. The largest absolute Gasteiger partial charge is 1.00 e. The highest BCUT2D eigenvalue weighted by Gasteiger charge is 2.29. The van der Waals surface area contributed by atoms with Gasteiger partial charge in [-0.15, -0.1) is 0 Å². The van der Waals surface area contributed by atoms with E-state index in [2.05, 4.69) is 60.4 Å². The van der Waals surface area contributed by atoms with Gasteiger partial charge in [0.05, 0.1) is 13.0 Å². The van der Waals surface area contributed by atoms with E-state index in [-0.39, 0.29) is 22.8 Å². The fraction of sp³-hybridized carbons (Fsp3) is 0.304. The molecule has 0 spiro atoms. The Balaban J connectivity index is 0.00000210. The van der Waals surface area contributed by atoms with Gasteiger partial charge in [0.1, 0.15) is 6.20 Å². The summed E-state index contributed by atoms with van der Waals surface area (Å²) in [5.74, 6) is 1.44. The number of rotatable bonds is 4. The highest BCUT2D eigenvalue weighted by Crippen LogP contribution is 2.25. The normalized spacial score (nSPS) is 12.6. The van der Waals surface area contributed by atoms with Crippen LogP contribution in [0.25, 0.3) is 11.3 Å². The van der Waals surface area contributed by atoms with Crippen molar-refractivity contribution in [3.8, 4) is 11.3 Å². The molecule has 3 aromatic rings. The maximum absolute atomic E-state index is 12.8. The summed E-state index contributed by atoms with van der Waals surface area (Å²) in [5, 5.41) is 0. The number of hydrogen-bond acceptors (Lipinski definition) is 1. The Morgan fingerprint density at radius 1 is 1.04 bits per heavy atom. The first kappa shape index (κ1) is 19.6. The standard InChI is InChI=1S/C23H25N2O.BrH/c1-16-6-9-19(10-7-16)21-14-24(23-5-4-12-25(21)23)15-22(26)20-11-8-17(2)18(3)13-20;/h6-11,13-14H,4-5,12,15H2,1-3H3;1H/q+1;/p-1. The summed E-state index contributed by atoms with van der Waals surface area (Å²) >= 11 is 0. The summed E-state index contributed by atoms with van der Waals surface area (Å²) in [6.45, 7) is 7.68. The van der Waals surface area contributed by atoms with Crippen LogP contribution in [0.2, 0.25) is 0 Å². The molecule has 27 heavy (non-hydrogen) atoms. The average Bonchev–Trinajstić information content (AvgIpc) is 3.22. The Bertz CT molecular complexity index is 986. The average molecular weight is 425 g/mol. The van der Waals surface area contributed by atoms with Crippen LogP contribution in [0.3, 0.4) is 0 Å². The minimum absolute atomic E-state index is 0. The van der Waals surface area contributed by atoms with Gasteiger partial charge in [-0.3, -0.25) is 4.79 Å². The van der Waals surface area contributed by atoms with Crippen LogP contribution < -0.4 is 21.5 Å². The van der Waals surface area contributed by atoms with Crippen molar-refractivity contribution >= 4 is 5.78 Å². The van der Waals surface area contributed by atoms with Gasteiger partial charge in [0.2, 0.25) is 5.78 Å². The van der Waals surface area contributed by atoms with Crippen molar-refractivity contribution in [2.24, 2.45) is 0 Å². The molecule has 0 unspecified atom stereocenters. The smallest absolute Gasteiger partial charge is 0.257 e. The van der Waals surface area contributed by atoms with Crippen molar-refractivity contribution in [1.29, 1.82) is 0 Å². The first-order valence-corrected chi connectivity index (χ1v) is 9.32. The number of halogens is 1. The summed E-state index contributed by atoms with van der Waals surface area (Å²) in [5.41, 5.74) is 6.89. The number of nitrogens with zero attached hydrogens (tertiary/aromatic N) is 2. The molecule has 0 saturated heterocycles. The van der Waals surface area contributed by atoms with E-state index in [1.165, 1.54) is 33.8 Å². The molecule has 0 saturated carbocycles. The second-order valence-corrected chi connectivity index (χ2v) is 7.40. The molecule has 1 aliphatic rings. The van der Waals surface area contributed by atoms with E-state index in [1.807, 2.05) is 18.2 Å². The lowest BCUT2D eigenvalue weighted by Crippen LogP contribution is -3.00. The van der Waals surface area contributed by atoms with Gasteiger partial charge < -0.3 is 17.0 Å². The summed E-state index contributed by atoms with van der Waals surface area (Å²) in [6, 6.07) is 14.6. The van der Waals surface area contributed by atoms with Crippen molar-refractivity contribution < 1.29 is 26.3 Å². The zero-order chi connectivity index (χ0) is 18.3. The van der Waals surface area contributed by atoms with Gasteiger partial charge >= 0.3 is 0 Å². The molecule has 2 heterocycles. The molecule has 3 nitrogen and oxygen atoms in total. The Labute approximate surface area is 171 Å². The lowest BCUT2D eigenvalue weighted by atomic mass is 10.0. The third-order valence-corrected chi connectivity index (χ3v) is 5.48. The minimum atomic E-state index is 0. The molecule has 0 bridgehead atoms. The Morgan fingerprint density at radius 2 is 1.78 bits per heavy atom. The fourth-order valence-corrected chi connectivity index (χ4v) is 3.76. The maximum Gasteiger partial charge on any atom is 0.257 e. The first-order chi connectivity index (χ1) is 12.5. The van der Waals surface area contributed by atoms with Crippen LogP contribution in [-0.2, 0) is 19.5 Å². The Hall–Kier alpha value is -2.20. The molecular weight excluding hydrogens is 400 g/mol. The zero-order valence-corrected chi connectivity index (χ0v) is 17.7. The molecule has 0 amide bonds. The molecule has 4 heteroatoms. The molecular formula is C23H25BrN2O. The van der Waals surface area contributed by atoms with Gasteiger partial charge in [-0.1, -0.05) is 42.0 Å². The second-order valence-electron chi connectivity index (χ2n) is 7.40. The van der Waals surface area contributed by atoms with E-state index in [0.717, 1.165) is 24.9 Å². The number of fused-ring (bicyclic) bond motifs is 1. The van der Waals surface area contributed by atoms with Gasteiger partial charge in [0.25, 0.3) is 5.82 Å². The predicted molar refractivity (Wildman–Crippen MR) is 103 cm³/mol. The number of ketones is 1. The summed E-state index contributed by atoms with van der Waals surface area (Å²) in [7, 11) is 0. The van der Waals surface area contributed by atoms with Crippen molar-refractivity contribution in [2.75, 3.05) is 0 Å². The molecule has 2 aromatic carbocycles. The number of aryl methyl sites for hydroxylation is 3. The highest BCUT2D eigenvalue weighted by molar-refractivity contribution is 5.95. The topological polar surface area (TPSA) is 25.9 Å². The Morgan fingerprint density at radius 3 is 2.48 bits per heavy atom. The monoisotopic (exact) mass is 424 g/mol. The molecule has 0 radical (unpaired) electrons. The van der Waals surface area contributed by atoms with E-state index in [1.54, 1.807) is 0 Å². The van der Waals surface area contributed by atoms with E-state index in [9.17, 15) is 4.79 Å².